The van der Waals surface area contributed by atoms with Gasteiger partial charge in [0.15, 0.2) is 0 Å². The van der Waals surface area contributed by atoms with E-state index < -0.39 is 0 Å². The molecule has 2 unspecified atom stereocenters. The number of rotatable bonds is 2. The summed E-state index contributed by atoms with van der Waals surface area (Å²) in [5.41, 5.74) is 1.11. The van der Waals surface area contributed by atoms with Crippen LogP contribution in [0.1, 0.15) is 37.3 Å². The van der Waals surface area contributed by atoms with Crippen LogP contribution >= 0.6 is 15.9 Å². The van der Waals surface area contributed by atoms with Crippen molar-refractivity contribution in [3.63, 3.8) is 0 Å². The molecule has 1 aliphatic rings. The van der Waals surface area contributed by atoms with E-state index in [0.717, 1.165) is 11.4 Å². The summed E-state index contributed by atoms with van der Waals surface area (Å²) >= 11 is 3.76. The molecule has 0 amide bonds. The Hall–Kier alpha value is -0.570. The molecule has 2 atom stereocenters. The van der Waals surface area contributed by atoms with Crippen molar-refractivity contribution in [2.75, 3.05) is 7.11 Å². The van der Waals surface area contributed by atoms with Crippen molar-refractivity contribution in [1.82, 2.24) is 4.98 Å². The second kappa shape index (κ2) is 4.97. The second-order valence-electron chi connectivity index (χ2n) is 4.00. The summed E-state index contributed by atoms with van der Waals surface area (Å²) in [5.74, 6) is 1.43. The van der Waals surface area contributed by atoms with Crippen molar-refractivity contribution in [2.24, 2.45) is 0 Å². The zero-order valence-electron chi connectivity index (χ0n) is 8.95. The van der Waals surface area contributed by atoms with Crippen molar-refractivity contribution in [3.05, 3.63) is 24.0 Å². The number of halogens is 1. The Balaban J connectivity index is 2.26. The first-order chi connectivity index (χ1) is 7.33. The quantitative estimate of drug-likeness (QED) is 0.767. The Kier molecular flexibility index (Phi) is 3.62. The van der Waals surface area contributed by atoms with Gasteiger partial charge in [0.1, 0.15) is 5.75 Å². The molecule has 15 heavy (non-hydrogen) atoms. The number of methoxy groups -OCH3 is 1. The van der Waals surface area contributed by atoms with Crippen LogP contribution in [0.15, 0.2) is 18.3 Å². The lowest BCUT2D eigenvalue weighted by atomic mass is 9.86. The maximum absolute atomic E-state index is 5.36. The molecule has 1 fully saturated rings. The van der Waals surface area contributed by atoms with E-state index in [4.69, 9.17) is 4.74 Å². The monoisotopic (exact) mass is 269 g/mol. The van der Waals surface area contributed by atoms with E-state index in [1.54, 1.807) is 7.11 Å². The van der Waals surface area contributed by atoms with Gasteiger partial charge in [-0.25, -0.2) is 0 Å². The fourth-order valence-electron chi connectivity index (χ4n) is 2.25. The van der Waals surface area contributed by atoms with Crippen LogP contribution in [-0.4, -0.2) is 16.9 Å². The maximum atomic E-state index is 5.36. The third-order valence-corrected chi connectivity index (χ3v) is 4.15. The third kappa shape index (κ3) is 2.33. The van der Waals surface area contributed by atoms with E-state index in [1.807, 2.05) is 18.3 Å². The molecule has 2 rings (SSSR count). The molecule has 0 radical (unpaired) electrons. The highest BCUT2D eigenvalue weighted by molar-refractivity contribution is 9.09. The van der Waals surface area contributed by atoms with Crippen molar-refractivity contribution < 1.29 is 4.74 Å². The van der Waals surface area contributed by atoms with Crippen LogP contribution in [-0.2, 0) is 0 Å². The molecule has 1 aliphatic carbocycles. The van der Waals surface area contributed by atoms with Gasteiger partial charge in [-0.15, -0.1) is 0 Å². The van der Waals surface area contributed by atoms with Gasteiger partial charge in [0.2, 0.25) is 0 Å². The van der Waals surface area contributed by atoms with Gasteiger partial charge in [-0.2, -0.15) is 0 Å². The predicted octanol–water partition coefficient (Wildman–Crippen LogP) is 3.51. The summed E-state index contributed by atoms with van der Waals surface area (Å²) in [4.78, 5) is 5.02. The minimum absolute atomic E-state index is 0.509. The number of aromatic nitrogens is 1. The fourth-order valence-corrected chi connectivity index (χ4v) is 3.09. The van der Waals surface area contributed by atoms with Crippen molar-refractivity contribution >= 4 is 15.9 Å². The lowest BCUT2D eigenvalue weighted by molar-refractivity contribution is 0.386. The number of hydrogen-bond acceptors (Lipinski definition) is 2. The van der Waals surface area contributed by atoms with Crippen LogP contribution in [0.4, 0.5) is 0 Å². The summed E-state index contributed by atoms with van der Waals surface area (Å²) in [5, 5.41) is 0. The number of pyridine rings is 1. The Bertz CT molecular complexity index is 329. The Morgan fingerprint density at radius 1 is 1.40 bits per heavy atom. The first-order valence-electron chi connectivity index (χ1n) is 5.46. The average molecular weight is 270 g/mol. The molecule has 0 N–H and O–H groups in total. The van der Waals surface area contributed by atoms with E-state index in [9.17, 15) is 0 Å². The normalized spacial score (nSPS) is 26.3. The van der Waals surface area contributed by atoms with Gasteiger partial charge >= 0.3 is 0 Å². The van der Waals surface area contributed by atoms with E-state index in [-0.39, 0.29) is 0 Å². The topological polar surface area (TPSA) is 22.1 Å². The number of nitrogens with zero attached hydrogens (tertiary/aromatic N) is 1. The molecule has 1 saturated carbocycles. The molecular formula is C12H16BrNO. The largest absolute Gasteiger partial charge is 0.495 e. The minimum Gasteiger partial charge on any atom is -0.495 e. The molecule has 2 nitrogen and oxygen atoms in total. The minimum atomic E-state index is 0.509. The summed E-state index contributed by atoms with van der Waals surface area (Å²) in [6.07, 6.45) is 6.92. The molecule has 0 spiro atoms. The number of alkyl halides is 1. The Labute approximate surface area is 99.2 Å². The smallest absolute Gasteiger partial charge is 0.140 e. The van der Waals surface area contributed by atoms with Crippen molar-refractivity contribution in [3.8, 4) is 5.75 Å². The lowest BCUT2D eigenvalue weighted by Crippen LogP contribution is -2.19. The van der Waals surface area contributed by atoms with Crippen LogP contribution in [0, 0.1) is 0 Å². The highest BCUT2D eigenvalue weighted by Gasteiger charge is 2.27. The van der Waals surface area contributed by atoms with Crippen LogP contribution in [0.5, 0.6) is 5.75 Å². The summed E-state index contributed by atoms with van der Waals surface area (Å²) in [7, 11) is 1.71. The molecule has 1 aromatic rings. The lowest BCUT2D eigenvalue weighted by Gasteiger charge is -2.27. The third-order valence-electron chi connectivity index (χ3n) is 3.05. The zero-order chi connectivity index (χ0) is 10.7. The molecule has 0 bridgehead atoms. The molecule has 0 aliphatic heterocycles. The van der Waals surface area contributed by atoms with Crippen LogP contribution in [0.25, 0.3) is 0 Å². The number of hydrogen-bond donors (Lipinski definition) is 0. The molecule has 1 aromatic heterocycles. The molecule has 0 saturated heterocycles. The van der Waals surface area contributed by atoms with E-state index in [2.05, 4.69) is 20.9 Å². The van der Waals surface area contributed by atoms with Gasteiger partial charge < -0.3 is 4.74 Å². The van der Waals surface area contributed by atoms with Crippen molar-refractivity contribution in [1.29, 1.82) is 0 Å². The first-order valence-corrected chi connectivity index (χ1v) is 6.37. The van der Waals surface area contributed by atoms with Crippen molar-refractivity contribution in [2.45, 2.75) is 36.4 Å². The van der Waals surface area contributed by atoms with Crippen LogP contribution < -0.4 is 4.74 Å². The van der Waals surface area contributed by atoms with Gasteiger partial charge in [0.05, 0.1) is 12.8 Å². The Morgan fingerprint density at radius 3 is 2.93 bits per heavy atom. The molecule has 0 aromatic carbocycles. The summed E-state index contributed by atoms with van der Waals surface area (Å²) in [6.45, 7) is 0. The van der Waals surface area contributed by atoms with Crippen LogP contribution in [0.3, 0.4) is 0 Å². The molecule has 82 valence electrons. The van der Waals surface area contributed by atoms with E-state index >= 15 is 0 Å². The predicted molar refractivity (Wildman–Crippen MR) is 64.7 cm³/mol. The van der Waals surface area contributed by atoms with Gasteiger partial charge in [0.25, 0.3) is 0 Å². The average Bonchev–Trinajstić information content (AvgIpc) is 2.30. The molecule has 1 heterocycles. The van der Waals surface area contributed by atoms with E-state index in [1.165, 1.54) is 25.7 Å². The first kappa shape index (κ1) is 10.9. The van der Waals surface area contributed by atoms with Gasteiger partial charge in [-0.3, -0.25) is 4.98 Å². The maximum Gasteiger partial charge on any atom is 0.140 e. The summed E-state index contributed by atoms with van der Waals surface area (Å²) in [6, 6.07) is 3.92. The fraction of sp³-hybridized carbons (Fsp3) is 0.583. The summed E-state index contributed by atoms with van der Waals surface area (Å²) < 4.78 is 5.36. The zero-order valence-corrected chi connectivity index (χ0v) is 10.5. The van der Waals surface area contributed by atoms with Gasteiger partial charge in [-0.05, 0) is 25.0 Å². The number of ether oxygens (including phenoxy) is 1. The highest BCUT2D eigenvalue weighted by atomic mass is 79.9. The molecule has 3 heteroatoms. The van der Waals surface area contributed by atoms with Gasteiger partial charge in [0, 0.05) is 16.9 Å². The van der Waals surface area contributed by atoms with Gasteiger partial charge in [-0.1, -0.05) is 28.8 Å². The molecular weight excluding hydrogens is 254 g/mol. The van der Waals surface area contributed by atoms with E-state index in [0.29, 0.717) is 10.7 Å². The van der Waals surface area contributed by atoms with Crippen LogP contribution in [0.2, 0.25) is 0 Å². The Morgan fingerprint density at radius 2 is 2.20 bits per heavy atom. The SMILES string of the molecule is COc1cccnc1C1CCCCC1Br. The highest BCUT2D eigenvalue weighted by Crippen LogP contribution is 2.39. The second-order valence-corrected chi connectivity index (χ2v) is 5.17. The standard InChI is InChI=1S/C12H16BrNO/c1-15-11-7-4-8-14-12(11)9-5-2-3-6-10(9)13/h4,7-10H,2-3,5-6H2,1H3.